The molecule has 0 saturated heterocycles. The Balaban J connectivity index is 1.99. The van der Waals surface area contributed by atoms with Crippen LogP contribution in [0.15, 0.2) is 10.7 Å². The first-order valence-electron chi connectivity index (χ1n) is 10.7. The molecule has 1 aromatic heterocycles. The van der Waals surface area contributed by atoms with Gasteiger partial charge in [0.25, 0.3) is 0 Å². The zero-order valence-corrected chi connectivity index (χ0v) is 17.9. The van der Waals surface area contributed by atoms with E-state index in [1.165, 1.54) is 44.8 Å². The fourth-order valence-electron chi connectivity index (χ4n) is 3.87. The largest absolute Gasteiger partial charge is 0.460 e. The summed E-state index contributed by atoms with van der Waals surface area (Å²) >= 11 is 0. The van der Waals surface area contributed by atoms with Crippen molar-refractivity contribution in [2.24, 2.45) is 5.92 Å². The lowest BCUT2D eigenvalue weighted by Crippen LogP contribution is -2.25. The Morgan fingerprint density at radius 2 is 2.04 bits per heavy atom. The van der Waals surface area contributed by atoms with Gasteiger partial charge in [0.05, 0.1) is 6.42 Å². The van der Waals surface area contributed by atoms with Crippen molar-refractivity contribution in [3.63, 3.8) is 0 Å². The molecule has 1 aromatic rings. The molecule has 6 heteroatoms. The summed E-state index contributed by atoms with van der Waals surface area (Å²) in [6.45, 7) is 7.78. The summed E-state index contributed by atoms with van der Waals surface area (Å²) in [5.41, 5.74) is -0.172. The average Bonchev–Trinajstić information content (AvgIpc) is 3.10. The van der Waals surface area contributed by atoms with E-state index in [2.05, 4.69) is 4.98 Å². The van der Waals surface area contributed by atoms with Gasteiger partial charge in [0.2, 0.25) is 6.29 Å². The highest BCUT2D eigenvalue weighted by Gasteiger charge is 2.26. The second kappa shape index (κ2) is 11.0. The Hall–Kier alpha value is -1.40. The molecule has 0 bridgehead atoms. The third kappa shape index (κ3) is 7.92. The van der Waals surface area contributed by atoms with Crippen molar-refractivity contribution in [3.05, 3.63) is 17.8 Å². The smallest absolute Gasteiger partial charge is 0.307 e. The van der Waals surface area contributed by atoms with Crippen molar-refractivity contribution < 1.29 is 23.8 Å². The van der Waals surface area contributed by atoms with Crippen LogP contribution < -0.4 is 0 Å². The zero-order valence-electron chi connectivity index (χ0n) is 17.9. The lowest BCUT2D eigenvalue weighted by atomic mass is 9.84. The maximum atomic E-state index is 12.4. The molecule has 2 rings (SSSR count). The summed E-state index contributed by atoms with van der Waals surface area (Å²) in [6.07, 6.45) is 10.2. The minimum absolute atomic E-state index is 0.152. The fraction of sp³-hybridized carbons (Fsp3) is 0.818. The Morgan fingerprint density at radius 1 is 1.32 bits per heavy atom. The number of aliphatic hydroxyl groups is 1. The van der Waals surface area contributed by atoms with Gasteiger partial charge in [-0.05, 0) is 40.0 Å². The molecule has 1 heterocycles. The molecule has 0 amide bonds. The van der Waals surface area contributed by atoms with Gasteiger partial charge in [-0.1, -0.05) is 44.9 Å². The van der Waals surface area contributed by atoms with Crippen LogP contribution in [-0.4, -0.2) is 28.3 Å². The summed E-state index contributed by atoms with van der Waals surface area (Å²) in [5, 5.41) is 9.96. The number of esters is 1. The molecular weight excluding hydrogens is 358 g/mol. The predicted octanol–water partition coefficient (Wildman–Crippen LogP) is 5.27. The molecule has 0 radical (unpaired) electrons. The number of carbonyl (C=O) groups excluding carboxylic acids is 1. The highest BCUT2D eigenvalue weighted by atomic mass is 16.6. The Kier molecular flexibility index (Phi) is 8.96. The van der Waals surface area contributed by atoms with Crippen molar-refractivity contribution in [2.45, 2.75) is 103 Å². The van der Waals surface area contributed by atoms with Crippen molar-refractivity contribution >= 4 is 5.97 Å². The van der Waals surface area contributed by atoms with E-state index in [4.69, 9.17) is 13.9 Å². The van der Waals surface area contributed by atoms with Gasteiger partial charge in [0.15, 0.2) is 5.89 Å². The molecule has 1 aliphatic rings. The van der Waals surface area contributed by atoms with Crippen LogP contribution in [0.1, 0.15) is 109 Å². The van der Waals surface area contributed by atoms with E-state index >= 15 is 0 Å². The summed E-state index contributed by atoms with van der Waals surface area (Å²) < 4.78 is 16.3. The van der Waals surface area contributed by atoms with E-state index in [0.29, 0.717) is 18.2 Å². The quantitative estimate of drug-likeness (QED) is 0.429. The molecule has 1 N–H and O–H groups in total. The first-order chi connectivity index (χ1) is 13.3. The number of aromatic nitrogens is 1. The minimum atomic E-state index is -1.10. The zero-order chi connectivity index (χ0) is 20.6. The molecule has 0 aliphatic heterocycles. The molecule has 160 valence electrons. The molecule has 1 aliphatic carbocycles. The second-order valence-corrected chi connectivity index (χ2v) is 8.84. The molecule has 2 atom stereocenters. The number of ether oxygens (including phenoxy) is 2. The fourth-order valence-corrected chi connectivity index (χ4v) is 3.87. The summed E-state index contributed by atoms with van der Waals surface area (Å²) in [4.78, 5) is 16.8. The Morgan fingerprint density at radius 3 is 2.68 bits per heavy atom. The molecule has 6 nitrogen and oxygen atoms in total. The van der Waals surface area contributed by atoms with E-state index in [0.717, 1.165) is 18.8 Å². The van der Waals surface area contributed by atoms with E-state index in [-0.39, 0.29) is 18.3 Å². The van der Waals surface area contributed by atoms with Gasteiger partial charge in [0.1, 0.15) is 17.6 Å². The molecule has 1 fully saturated rings. The van der Waals surface area contributed by atoms with E-state index < -0.39 is 11.9 Å². The Labute approximate surface area is 169 Å². The van der Waals surface area contributed by atoms with Crippen LogP contribution in [0, 0.1) is 5.92 Å². The number of carbonyl (C=O) groups is 1. The van der Waals surface area contributed by atoms with Crippen LogP contribution in [0.2, 0.25) is 0 Å². The molecule has 2 unspecified atom stereocenters. The van der Waals surface area contributed by atoms with Gasteiger partial charge in [0, 0.05) is 12.5 Å². The van der Waals surface area contributed by atoms with Gasteiger partial charge in [-0.15, -0.1) is 0 Å². The normalized spacial score (nSPS) is 18.0. The second-order valence-electron chi connectivity index (χ2n) is 8.84. The first-order valence-corrected chi connectivity index (χ1v) is 10.7. The van der Waals surface area contributed by atoms with Crippen LogP contribution in [0.4, 0.5) is 0 Å². The molecular formula is C22H37NO5. The standard InChI is InChI=1S/C22H37NO5/c1-5-26-21(25)18-15-27-20(23-18)17(14-19(24)28-22(2,3)4)13-9-12-16-10-7-6-8-11-16/h15-17,21,25H,5-14H2,1-4H3. The van der Waals surface area contributed by atoms with E-state index in [1.54, 1.807) is 6.92 Å². The Bertz CT molecular complexity index is 586. The first kappa shape index (κ1) is 22.9. The number of oxazole rings is 1. The third-order valence-electron chi connectivity index (χ3n) is 5.19. The monoisotopic (exact) mass is 395 g/mol. The van der Waals surface area contributed by atoms with Gasteiger partial charge >= 0.3 is 5.97 Å². The van der Waals surface area contributed by atoms with Crippen LogP contribution in [0.25, 0.3) is 0 Å². The van der Waals surface area contributed by atoms with E-state index in [9.17, 15) is 9.90 Å². The maximum absolute atomic E-state index is 12.4. The van der Waals surface area contributed by atoms with Crippen LogP contribution in [0.3, 0.4) is 0 Å². The predicted molar refractivity (Wildman–Crippen MR) is 107 cm³/mol. The third-order valence-corrected chi connectivity index (χ3v) is 5.19. The highest BCUT2D eigenvalue weighted by Crippen LogP contribution is 2.32. The summed E-state index contributed by atoms with van der Waals surface area (Å²) in [5.74, 6) is 0.875. The number of hydrogen-bond donors (Lipinski definition) is 1. The van der Waals surface area contributed by atoms with Crippen molar-refractivity contribution in [2.75, 3.05) is 6.61 Å². The number of hydrogen-bond acceptors (Lipinski definition) is 6. The number of rotatable bonds is 10. The molecule has 0 aromatic carbocycles. The van der Waals surface area contributed by atoms with Crippen LogP contribution >= 0.6 is 0 Å². The van der Waals surface area contributed by atoms with Crippen molar-refractivity contribution in [1.29, 1.82) is 0 Å². The van der Waals surface area contributed by atoms with Crippen molar-refractivity contribution in [1.82, 2.24) is 4.98 Å². The van der Waals surface area contributed by atoms with Crippen molar-refractivity contribution in [3.8, 4) is 0 Å². The lowest BCUT2D eigenvalue weighted by Gasteiger charge is -2.23. The number of aliphatic hydroxyl groups excluding tert-OH is 1. The highest BCUT2D eigenvalue weighted by molar-refractivity contribution is 5.70. The summed E-state index contributed by atoms with van der Waals surface area (Å²) in [6, 6.07) is 0. The number of nitrogens with zero attached hydrogens (tertiary/aromatic N) is 1. The van der Waals surface area contributed by atoms with Gasteiger partial charge in [-0.3, -0.25) is 4.79 Å². The van der Waals surface area contributed by atoms with Crippen LogP contribution in [-0.2, 0) is 14.3 Å². The SMILES string of the molecule is CCOC(O)c1coc(C(CCCC2CCCCC2)CC(=O)OC(C)(C)C)n1. The molecule has 0 spiro atoms. The van der Waals surface area contributed by atoms with E-state index in [1.807, 2.05) is 20.8 Å². The molecule has 28 heavy (non-hydrogen) atoms. The van der Waals surface area contributed by atoms with Gasteiger partial charge < -0.3 is 19.0 Å². The minimum Gasteiger partial charge on any atom is -0.460 e. The molecule has 1 saturated carbocycles. The maximum Gasteiger partial charge on any atom is 0.307 e. The van der Waals surface area contributed by atoms with Gasteiger partial charge in [-0.2, -0.15) is 0 Å². The average molecular weight is 396 g/mol. The van der Waals surface area contributed by atoms with Crippen LogP contribution in [0.5, 0.6) is 0 Å². The summed E-state index contributed by atoms with van der Waals surface area (Å²) in [7, 11) is 0. The lowest BCUT2D eigenvalue weighted by molar-refractivity contribution is -0.155. The van der Waals surface area contributed by atoms with Gasteiger partial charge in [-0.25, -0.2) is 4.98 Å². The topological polar surface area (TPSA) is 81.8 Å².